The maximum absolute atomic E-state index is 5.22. The molecule has 143 heavy (non-hydrogen) atoms. The van der Waals surface area contributed by atoms with Crippen molar-refractivity contribution < 1.29 is 0 Å². The van der Waals surface area contributed by atoms with E-state index in [1.807, 2.05) is 55.0 Å². The first kappa shape index (κ1) is 87.7. The van der Waals surface area contributed by atoms with Gasteiger partial charge in [0.2, 0.25) is 0 Å². The van der Waals surface area contributed by atoms with Crippen molar-refractivity contribution in [2.45, 2.75) is 57.8 Å². The van der Waals surface area contributed by atoms with Gasteiger partial charge in [0, 0.05) is 103 Å². The molecule has 0 bridgehead atoms. The first-order valence-corrected chi connectivity index (χ1v) is 48.9. The Hall–Kier alpha value is -18.1. The van der Waals surface area contributed by atoms with Crippen LogP contribution in [0.4, 0.5) is 0 Å². The van der Waals surface area contributed by atoms with Gasteiger partial charge in [-0.3, -0.25) is 15.0 Å². The molecule has 0 N–H and O–H groups in total. The van der Waals surface area contributed by atoms with E-state index in [1.54, 1.807) is 18.6 Å². The summed E-state index contributed by atoms with van der Waals surface area (Å²) in [5, 5.41) is 5.18. The van der Waals surface area contributed by atoms with Gasteiger partial charge in [0.15, 0.2) is 17.5 Å². The van der Waals surface area contributed by atoms with Gasteiger partial charge in [0.1, 0.15) is 0 Å². The van der Waals surface area contributed by atoms with Crippen molar-refractivity contribution >= 4 is 21.5 Å². The fourth-order valence-corrected chi connectivity index (χ4v) is 21.3. The molecule has 9 nitrogen and oxygen atoms in total. The molecule has 26 rings (SSSR count). The lowest BCUT2D eigenvalue weighted by Crippen LogP contribution is -2.15. The Kier molecular flexibility index (Phi) is 22.5. The average molecular weight is 1830 g/mol. The second-order valence-corrected chi connectivity index (χ2v) is 38.8. The van der Waals surface area contributed by atoms with Gasteiger partial charge in [0.25, 0.3) is 0 Å². The number of aromatic nitrogens is 9. The minimum absolute atomic E-state index is 0.0387. The summed E-state index contributed by atoms with van der Waals surface area (Å²) in [5.41, 5.74) is 44.1. The minimum atomic E-state index is -0.157. The molecule has 6 heterocycles. The molecule has 9 heteroatoms. The molecule has 0 unspecified atom stereocenters. The van der Waals surface area contributed by atoms with Crippen LogP contribution in [0.15, 0.2) is 480 Å². The fourth-order valence-electron chi connectivity index (χ4n) is 21.3. The first-order chi connectivity index (χ1) is 70.1. The molecule has 0 saturated heterocycles. The normalized spacial score (nSPS) is 12.9. The van der Waals surface area contributed by atoms with Crippen LogP contribution in [-0.2, 0) is 16.2 Å². The van der Waals surface area contributed by atoms with E-state index in [1.165, 1.54) is 122 Å². The van der Waals surface area contributed by atoms with Crippen LogP contribution in [0.2, 0.25) is 0 Å². The summed E-state index contributed by atoms with van der Waals surface area (Å²) >= 11 is 0. The molecule has 678 valence electrons. The lowest BCUT2D eigenvalue weighted by molar-refractivity contribution is 0.660. The maximum atomic E-state index is 5.22. The second kappa shape index (κ2) is 36.7. The van der Waals surface area contributed by atoms with Gasteiger partial charge in [0.05, 0.1) is 34.2 Å². The van der Waals surface area contributed by atoms with E-state index in [4.69, 9.17) is 29.9 Å². The van der Waals surface area contributed by atoms with Crippen LogP contribution in [0.5, 0.6) is 0 Å². The van der Waals surface area contributed by atoms with Crippen LogP contribution in [0.25, 0.3) is 223 Å². The smallest absolute Gasteiger partial charge is 0.160 e. The van der Waals surface area contributed by atoms with Gasteiger partial charge >= 0.3 is 0 Å². The van der Waals surface area contributed by atoms with Crippen LogP contribution < -0.4 is 0 Å². The maximum Gasteiger partial charge on any atom is 0.160 e. The zero-order chi connectivity index (χ0) is 96.3. The second-order valence-electron chi connectivity index (χ2n) is 38.8. The monoisotopic (exact) mass is 1830 g/mol. The average Bonchev–Trinajstić information content (AvgIpc) is 1.57. The van der Waals surface area contributed by atoms with E-state index < -0.39 is 0 Å². The summed E-state index contributed by atoms with van der Waals surface area (Å²) in [6, 6.07) is 157. The SMILES string of the molecule is CC1(C)c2cc(-c3cc(-c4ccc(-c5cccnc5)cc4)nc(-c4ccc(-c5ccccc5)cc4)n3)ccc2-c2c1ccc1ccccc21.CC1(C)c2cc(-c3cc(-c4ccc(-c5cccnc5)cc4)nc(-c4ccc(-c5ccccc5)cc4)n3)ccc2-c2ccc3ccccc3c21.CC1(C)c2ccccc2-c2cc(-c3cc(-c4ccc(-c5cccnc5)cc4)nc(-c4ccc(-c5ccccc5)cc4)n3)ccc21. The fraction of sp³-hybridized carbons (Fsp3) is 0.0672. The van der Waals surface area contributed by atoms with Gasteiger partial charge in [-0.1, -0.05) is 430 Å². The summed E-state index contributed by atoms with van der Waals surface area (Å²) in [6.45, 7) is 14.0. The molecule has 0 fully saturated rings. The Morgan fingerprint density at radius 2 is 0.441 bits per heavy atom. The van der Waals surface area contributed by atoms with E-state index in [-0.39, 0.29) is 16.2 Å². The Bertz CT molecular complexity index is 8440. The number of hydrogen-bond donors (Lipinski definition) is 0. The molecule has 23 aromatic rings. The number of fused-ring (bicyclic) bond motifs is 13. The van der Waals surface area contributed by atoms with Crippen molar-refractivity contribution in [1.82, 2.24) is 44.9 Å². The van der Waals surface area contributed by atoms with Crippen LogP contribution in [0.1, 0.15) is 74.9 Å². The quantitative estimate of drug-likeness (QED) is 0.0989. The highest BCUT2D eigenvalue weighted by Gasteiger charge is 2.40. The number of nitrogens with zero attached hydrogens (tertiary/aromatic N) is 9. The van der Waals surface area contributed by atoms with E-state index in [0.717, 1.165) is 118 Å². The van der Waals surface area contributed by atoms with E-state index >= 15 is 0 Å². The van der Waals surface area contributed by atoms with Gasteiger partial charge in [-0.15, -0.1) is 0 Å². The predicted octanol–water partition coefficient (Wildman–Crippen LogP) is 33.8. The highest BCUT2D eigenvalue weighted by atomic mass is 14.9. The van der Waals surface area contributed by atoms with Gasteiger partial charge < -0.3 is 0 Å². The molecule has 17 aromatic carbocycles. The van der Waals surface area contributed by atoms with Crippen molar-refractivity contribution in [3.8, 4) is 202 Å². The Labute approximate surface area is 833 Å². The Balaban J connectivity index is 0.000000116. The highest BCUT2D eigenvalue weighted by molar-refractivity contribution is 6.04. The summed E-state index contributed by atoms with van der Waals surface area (Å²) < 4.78 is 0. The van der Waals surface area contributed by atoms with E-state index in [9.17, 15) is 0 Å². The molecule has 0 spiro atoms. The number of rotatable bonds is 15. The highest BCUT2D eigenvalue weighted by Crippen LogP contribution is 2.56. The molecule has 0 atom stereocenters. The molecule has 0 saturated carbocycles. The van der Waals surface area contributed by atoms with Crippen molar-refractivity contribution in [3.05, 3.63) is 513 Å². The zero-order valence-corrected chi connectivity index (χ0v) is 80.1. The van der Waals surface area contributed by atoms with Gasteiger partial charge in [-0.2, -0.15) is 0 Å². The summed E-state index contributed by atoms with van der Waals surface area (Å²) in [5.74, 6) is 2.12. The Morgan fingerprint density at radius 3 is 0.867 bits per heavy atom. The van der Waals surface area contributed by atoms with Crippen molar-refractivity contribution in [2.75, 3.05) is 0 Å². The number of benzene rings is 17. The lowest BCUT2D eigenvalue weighted by Gasteiger charge is -2.23. The number of pyridine rings is 3. The lowest BCUT2D eigenvalue weighted by atomic mass is 9.80. The largest absolute Gasteiger partial charge is 0.264 e. The molecule has 3 aliphatic rings. The predicted molar refractivity (Wildman–Crippen MR) is 589 cm³/mol. The van der Waals surface area contributed by atoms with E-state index in [2.05, 4.69) is 463 Å². The van der Waals surface area contributed by atoms with Crippen LogP contribution in [0.3, 0.4) is 0 Å². The third kappa shape index (κ3) is 16.7. The minimum Gasteiger partial charge on any atom is -0.264 e. The van der Waals surface area contributed by atoms with Crippen LogP contribution in [-0.4, -0.2) is 44.9 Å². The van der Waals surface area contributed by atoms with E-state index in [0.29, 0.717) is 17.5 Å². The Morgan fingerprint density at radius 1 is 0.161 bits per heavy atom. The molecule has 0 amide bonds. The van der Waals surface area contributed by atoms with Crippen molar-refractivity contribution in [2.24, 2.45) is 0 Å². The molecule has 0 aliphatic heterocycles. The van der Waals surface area contributed by atoms with Gasteiger partial charge in [-0.05, 0) is 210 Å². The van der Waals surface area contributed by atoms with Crippen LogP contribution in [0, 0.1) is 0 Å². The standard InChI is InChI=1S/2C46H33N3.C42H31N3/c1-46(2)41-27-36(23-24-39(41)40-25-22-33-11-6-7-13-38(33)44(40)46)43-28-42(34-18-14-32(15-19-34)37-12-8-26-47-29-37)48-45(49-43)35-20-16-31(17-21-35)30-9-4-3-5-10-30;1-46(2)40-25-23-33-11-6-7-13-38(33)44(40)39-24-22-36(27-41(39)46)43-28-42(34-18-14-32(15-19-34)37-12-8-26-47-29-37)48-45(49-43)35-20-16-31(17-21-35)30-9-4-3-5-10-30;1-42(2)37-13-7-6-12-35(37)36-25-33(22-23-38(36)42)40-26-39(31-18-14-30(15-19-31)34-11-8-24-43-27-34)44-41(45-40)32-20-16-29(17-21-32)28-9-4-3-5-10-28/h2*3-29H,1-2H3;3-27H,1-2H3. The summed E-state index contributed by atoms with van der Waals surface area (Å²) in [7, 11) is 0. The third-order valence-corrected chi connectivity index (χ3v) is 29.0. The molecular formula is C134H97N9. The van der Waals surface area contributed by atoms with Crippen molar-refractivity contribution in [3.63, 3.8) is 0 Å². The molecule has 6 aromatic heterocycles. The topological polar surface area (TPSA) is 116 Å². The molecule has 0 radical (unpaired) electrons. The summed E-state index contributed by atoms with van der Waals surface area (Å²) in [4.78, 5) is 43.9. The summed E-state index contributed by atoms with van der Waals surface area (Å²) in [6.07, 6.45) is 11.1. The van der Waals surface area contributed by atoms with Crippen LogP contribution >= 0.6 is 0 Å². The molecule has 3 aliphatic carbocycles. The van der Waals surface area contributed by atoms with Crippen molar-refractivity contribution in [1.29, 1.82) is 0 Å². The van der Waals surface area contributed by atoms with Gasteiger partial charge in [-0.25, -0.2) is 29.9 Å². The zero-order valence-electron chi connectivity index (χ0n) is 80.1. The first-order valence-electron chi connectivity index (χ1n) is 48.9. The molecular weight excluding hydrogens is 1740 g/mol. The number of hydrogen-bond acceptors (Lipinski definition) is 9. The third-order valence-electron chi connectivity index (χ3n) is 29.0.